The minimum atomic E-state index is -0.668. The zero-order valence-corrected chi connectivity index (χ0v) is 30.7. The third kappa shape index (κ3) is 5.07. The molecule has 10 rings (SSSR count). The number of ether oxygens (including phenoxy) is 1. The standard InChI is InChI=1S/C41H47FN8O3/c1-24(2)49-23-44-34-18-33(46-37(36(34)49)45-32-8-11-43-19-31(32)42)26-5-7-30-35(15-26)50(29-16-28(17-29)48-20-25-4-6-27(48)14-25)39(52)41(30)9-12-47(13-10-41)38(51)40(3)21-53-22-40/h5,7-8,11,15,18-19,23-25,27-29H,4,6,9-10,12-14,16-17,20-22H2,1-3H3,(H,43,45,46)/t25-,27+,28-,29+/m0/s1. The highest BCUT2D eigenvalue weighted by molar-refractivity contribution is 6.09. The van der Waals surface area contributed by atoms with Gasteiger partial charge in [-0.2, -0.15) is 0 Å². The summed E-state index contributed by atoms with van der Waals surface area (Å²) in [7, 11) is 0. The highest BCUT2D eigenvalue weighted by Gasteiger charge is 2.57. The molecule has 2 aliphatic carbocycles. The Labute approximate surface area is 308 Å². The van der Waals surface area contributed by atoms with Gasteiger partial charge < -0.3 is 24.4 Å². The van der Waals surface area contributed by atoms with Crippen molar-refractivity contribution in [1.82, 2.24) is 29.3 Å². The van der Waals surface area contributed by atoms with E-state index in [-0.39, 0.29) is 29.6 Å². The van der Waals surface area contributed by atoms with Gasteiger partial charge in [-0.3, -0.25) is 19.5 Å². The molecule has 12 heteroatoms. The number of likely N-dealkylation sites (tertiary alicyclic amines) is 2. The number of pyridine rings is 2. The first-order chi connectivity index (χ1) is 25.6. The van der Waals surface area contributed by atoms with E-state index < -0.39 is 16.6 Å². The first-order valence-corrected chi connectivity index (χ1v) is 19.5. The van der Waals surface area contributed by atoms with Crippen molar-refractivity contribution in [3.05, 3.63) is 60.4 Å². The van der Waals surface area contributed by atoms with Crippen molar-refractivity contribution >= 4 is 40.0 Å². The van der Waals surface area contributed by atoms with E-state index in [0.717, 1.165) is 46.6 Å². The summed E-state index contributed by atoms with van der Waals surface area (Å²) >= 11 is 0. The summed E-state index contributed by atoms with van der Waals surface area (Å²) < 4.78 is 22.3. The molecule has 3 saturated heterocycles. The van der Waals surface area contributed by atoms with Crippen LogP contribution < -0.4 is 10.2 Å². The molecule has 4 aromatic rings. The molecule has 276 valence electrons. The number of fused-ring (bicyclic) bond motifs is 5. The molecule has 1 N–H and O–H groups in total. The molecule has 5 fully saturated rings. The Morgan fingerprint density at radius 3 is 2.53 bits per heavy atom. The molecular weight excluding hydrogens is 672 g/mol. The number of aromatic nitrogens is 4. The maximum Gasteiger partial charge on any atom is 0.238 e. The van der Waals surface area contributed by atoms with Crippen LogP contribution in [0.25, 0.3) is 22.3 Å². The molecule has 11 nitrogen and oxygen atoms in total. The van der Waals surface area contributed by atoms with E-state index in [2.05, 4.69) is 52.1 Å². The van der Waals surface area contributed by atoms with Gasteiger partial charge in [-0.1, -0.05) is 12.1 Å². The fourth-order valence-corrected chi connectivity index (χ4v) is 10.3. The number of rotatable bonds is 7. The predicted octanol–water partition coefficient (Wildman–Crippen LogP) is 6.22. The number of halogens is 1. The lowest BCUT2D eigenvalue weighted by atomic mass is 9.72. The first-order valence-electron chi connectivity index (χ1n) is 19.5. The van der Waals surface area contributed by atoms with E-state index in [1.165, 1.54) is 32.0 Å². The molecule has 2 atom stereocenters. The third-order valence-electron chi connectivity index (χ3n) is 13.5. The largest absolute Gasteiger partial charge is 0.379 e. The van der Waals surface area contributed by atoms with Crippen LogP contribution in [0, 0.1) is 17.2 Å². The van der Waals surface area contributed by atoms with E-state index in [0.29, 0.717) is 62.7 Å². The number of amides is 2. The summed E-state index contributed by atoms with van der Waals surface area (Å²) in [5.41, 5.74) is 4.26. The molecule has 2 bridgehead atoms. The molecular formula is C41H47FN8O3. The predicted molar refractivity (Wildman–Crippen MR) is 199 cm³/mol. The fraction of sp³-hybridized carbons (Fsp3) is 0.537. The number of nitrogens with zero attached hydrogens (tertiary/aromatic N) is 7. The quantitative estimate of drug-likeness (QED) is 0.240. The Kier molecular flexibility index (Phi) is 7.54. The summed E-state index contributed by atoms with van der Waals surface area (Å²) in [4.78, 5) is 49.0. The second-order valence-electron chi connectivity index (χ2n) is 17.1. The highest BCUT2D eigenvalue weighted by atomic mass is 19.1. The summed E-state index contributed by atoms with van der Waals surface area (Å²) in [6.45, 7) is 9.36. The molecule has 53 heavy (non-hydrogen) atoms. The first kappa shape index (κ1) is 33.2. The molecule has 6 aliphatic rings. The van der Waals surface area contributed by atoms with Crippen LogP contribution in [0.4, 0.5) is 21.6 Å². The van der Waals surface area contributed by atoms with Crippen LogP contribution in [-0.2, 0) is 19.7 Å². The molecule has 3 aromatic heterocycles. The van der Waals surface area contributed by atoms with Crippen LogP contribution in [0.1, 0.15) is 77.3 Å². The number of anilines is 3. The maximum absolute atomic E-state index is 15.0. The van der Waals surface area contributed by atoms with Gasteiger partial charge in [0.05, 0.1) is 53.5 Å². The maximum atomic E-state index is 15.0. The smallest absolute Gasteiger partial charge is 0.238 e. The molecule has 1 aromatic carbocycles. The van der Waals surface area contributed by atoms with Crippen molar-refractivity contribution in [3.8, 4) is 11.3 Å². The van der Waals surface area contributed by atoms with Gasteiger partial charge in [-0.15, -0.1) is 0 Å². The van der Waals surface area contributed by atoms with Crippen molar-refractivity contribution in [2.45, 2.75) is 95.3 Å². The average molecular weight is 719 g/mol. The van der Waals surface area contributed by atoms with E-state index in [1.807, 2.05) is 22.5 Å². The van der Waals surface area contributed by atoms with Crippen molar-refractivity contribution < 1.29 is 18.7 Å². The zero-order valence-electron chi connectivity index (χ0n) is 30.7. The van der Waals surface area contributed by atoms with Crippen LogP contribution in [0.5, 0.6) is 0 Å². The Hall–Kier alpha value is -4.42. The summed E-state index contributed by atoms with van der Waals surface area (Å²) in [6.07, 6.45) is 11.7. The van der Waals surface area contributed by atoms with Gasteiger partial charge in [0.15, 0.2) is 11.6 Å². The van der Waals surface area contributed by atoms with E-state index >= 15 is 0 Å². The minimum Gasteiger partial charge on any atom is -0.379 e. The van der Waals surface area contributed by atoms with E-state index in [9.17, 15) is 14.0 Å². The van der Waals surface area contributed by atoms with E-state index in [1.54, 1.807) is 18.6 Å². The highest BCUT2D eigenvalue weighted by Crippen LogP contribution is 2.53. The number of hydrogen-bond donors (Lipinski definition) is 1. The normalized spacial score (nSPS) is 27.1. The monoisotopic (exact) mass is 718 g/mol. The molecule has 0 radical (unpaired) electrons. The number of nitrogens with one attached hydrogen (secondary N) is 1. The Morgan fingerprint density at radius 2 is 1.85 bits per heavy atom. The molecule has 0 unspecified atom stereocenters. The van der Waals surface area contributed by atoms with Crippen LogP contribution in [0.3, 0.4) is 0 Å². The van der Waals surface area contributed by atoms with Crippen LogP contribution in [-0.4, -0.2) is 92.1 Å². The Bertz CT molecular complexity index is 2130. The van der Waals surface area contributed by atoms with Gasteiger partial charge in [0, 0.05) is 61.2 Å². The lowest BCUT2D eigenvalue weighted by Crippen LogP contribution is -2.60. The lowest BCUT2D eigenvalue weighted by molar-refractivity contribution is -0.170. The second-order valence-corrected chi connectivity index (χ2v) is 17.1. The number of carbonyl (C=O) groups excluding carboxylic acids is 2. The number of benzene rings is 1. The topological polar surface area (TPSA) is 109 Å². The van der Waals surface area contributed by atoms with Gasteiger partial charge >= 0.3 is 0 Å². The summed E-state index contributed by atoms with van der Waals surface area (Å²) in [5, 5.41) is 3.24. The van der Waals surface area contributed by atoms with Crippen molar-refractivity contribution in [2.24, 2.45) is 11.3 Å². The van der Waals surface area contributed by atoms with Gasteiger partial charge in [-0.05, 0) is 95.4 Å². The number of carbonyl (C=O) groups is 2. The minimum absolute atomic E-state index is 0.111. The number of imidazole rings is 1. The molecule has 7 heterocycles. The Balaban J connectivity index is 1.02. The second kappa shape index (κ2) is 12.0. The van der Waals surface area contributed by atoms with Gasteiger partial charge in [-0.25, -0.2) is 14.4 Å². The summed E-state index contributed by atoms with van der Waals surface area (Å²) in [6, 6.07) is 11.4. The van der Waals surface area contributed by atoms with Crippen molar-refractivity contribution in [2.75, 3.05) is 43.1 Å². The van der Waals surface area contributed by atoms with E-state index in [4.69, 9.17) is 14.7 Å². The van der Waals surface area contributed by atoms with Gasteiger partial charge in [0.25, 0.3) is 0 Å². The Morgan fingerprint density at radius 1 is 1.04 bits per heavy atom. The van der Waals surface area contributed by atoms with Crippen LogP contribution in [0.15, 0.2) is 49.1 Å². The summed E-state index contributed by atoms with van der Waals surface area (Å²) in [5.74, 6) is 1.19. The third-order valence-corrected chi connectivity index (χ3v) is 13.5. The number of hydrogen-bond acceptors (Lipinski definition) is 8. The average Bonchev–Trinajstić information content (AvgIpc) is 3.92. The fourth-order valence-electron chi connectivity index (χ4n) is 10.3. The molecule has 2 amide bonds. The number of piperidine rings is 2. The molecule has 2 saturated carbocycles. The lowest BCUT2D eigenvalue weighted by Gasteiger charge is -2.49. The van der Waals surface area contributed by atoms with Gasteiger partial charge in [0.2, 0.25) is 11.8 Å². The van der Waals surface area contributed by atoms with Crippen molar-refractivity contribution in [3.63, 3.8) is 0 Å². The zero-order chi connectivity index (χ0) is 36.2. The van der Waals surface area contributed by atoms with Crippen molar-refractivity contribution in [1.29, 1.82) is 0 Å². The van der Waals surface area contributed by atoms with Gasteiger partial charge in [0.1, 0.15) is 5.52 Å². The van der Waals surface area contributed by atoms with Crippen LogP contribution >= 0.6 is 0 Å². The SMILES string of the molecule is CC(C)n1cnc2cc(-c3ccc4c(c3)N([C@H]3C[C@@H](N5C[C@H]6CC[C@@H]5C6)C3)C(=O)C43CCN(C(=O)C4(C)COC4)CC3)nc(Nc3ccncc3F)c21. The molecule has 4 aliphatic heterocycles. The molecule has 1 spiro atoms. The van der Waals surface area contributed by atoms with Crippen LogP contribution in [0.2, 0.25) is 0 Å².